The Morgan fingerprint density at radius 2 is 1.82 bits per heavy atom. The highest BCUT2D eigenvalue weighted by atomic mass is 16.5. The molecule has 3 aromatic rings. The van der Waals surface area contributed by atoms with E-state index in [0.717, 1.165) is 25.2 Å². The molecule has 0 N–H and O–H groups in total. The highest BCUT2D eigenvalue weighted by Gasteiger charge is 2.30. The number of piperazine rings is 1. The molecule has 1 aromatic heterocycles. The molecule has 3 heterocycles. The van der Waals surface area contributed by atoms with E-state index < -0.39 is 0 Å². The standard InChI is InChI=1S/C30H34N4O4/c1-30(2,3)23-11-12-26-25(18-23)34(28(35)21-37-26)19-27-31-24(20-38-27)29(36)33-16-14-32(15-17-33)13-7-10-22-8-5-4-6-9-22/h4-12,18,20H,13-17,19,21H2,1-3H3. The van der Waals surface area contributed by atoms with Crippen molar-refractivity contribution in [2.24, 2.45) is 0 Å². The van der Waals surface area contributed by atoms with Crippen LogP contribution in [0, 0.1) is 0 Å². The fraction of sp³-hybridized carbons (Fsp3) is 0.367. The zero-order valence-corrected chi connectivity index (χ0v) is 22.2. The van der Waals surface area contributed by atoms with Crippen LogP contribution >= 0.6 is 0 Å². The number of benzene rings is 2. The fourth-order valence-electron chi connectivity index (χ4n) is 4.66. The zero-order valence-electron chi connectivity index (χ0n) is 22.2. The summed E-state index contributed by atoms with van der Waals surface area (Å²) >= 11 is 0. The Labute approximate surface area is 223 Å². The zero-order chi connectivity index (χ0) is 26.7. The largest absolute Gasteiger partial charge is 0.482 e. The molecular weight excluding hydrogens is 480 g/mol. The number of carbonyl (C=O) groups is 2. The third-order valence-corrected chi connectivity index (χ3v) is 6.97. The van der Waals surface area contributed by atoms with Crippen LogP contribution in [-0.2, 0) is 16.8 Å². The molecule has 38 heavy (non-hydrogen) atoms. The maximum absolute atomic E-state index is 13.1. The Kier molecular flexibility index (Phi) is 7.33. The minimum Gasteiger partial charge on any atom is -0.482 e. The van der Waals surface area contributed by atoms with E-state index in [1.165, 1.54) is 11.8 Å². The van der Waals surface area contributed by atoms with E-state index in [0.29, 0.717) is 30.4 Å². The maximum Gasteiger partial charge on any atom is 0.275 e. The Morgan fingerprint density at radius 1 is 1.05 bits per heavy atom. The van der Waals surface area contributed by atoms with Gasteiger partial charge in [0, 0.05) is 32.7 Å². The molecule has 198 valence electrons. The van der Waals surface area contributed by atoms with Crippen LogP contribution in [0.4, 0.5) is 5.69 Å². The average Bonchev–Trinajstić information content (AvgIpc) is 3.39. The summed E-state index contributed by atoms with van der Waals surface area (Å²) in [4.78, 5) is 36.0. The van der Waals surface area contributed by atoms with Crippen LogP contribution in [-0.4, -0.2) is 65.9 Å². The van der Waals surface area contributed by atoms with Gasteiger partial charge < -0.3 is 14.1 Å². The van der Waals surface area contributed by atoms with Gasteiger partial charge in [-0.3, -0.25) is 19.4 Å². The average molecular weight is 515 g/mol. The summed E-state index contributed by atoms with van der Waals surface area (Å²) in [6.45, 7) is 10.2. The van der Waals surface area contributed by atoms with Crippen molar-refractivity contribution < 1.29 is 18.7 Å². The van der Waals surface area contributed by atoms with Gasteiger partial charge in [0.25, 0.3) is 11.8 Å². The number of hydrogen-bond acceptors (Lipinski definition) is 6. The number of anilines is 1. The highest BCUT2D eigenvalue weighted by molar-refractivity contribution is 5.98. The number of hydrogen-bond donors (Lipinski definition) is 0. The van der Waals surface area contributed by atoms with Crippen LogP contribution < -0.4 is 9.64 Å². The number of carbonyl (C=O) groups excluding carboxylic acids is 2. The van der Waals surface area contributed by atoms with Crippen molar-refractivity contribution in [3.63, 3.8) is 0 Å². The summed E-state index contributed by atoms with van der Waals surface area (Å²) in [5, 5.41) is 0. The molecule has 0 radical (unpaired) electrons. The van der Waals surface area contributed by atoms with Crippen molar-refractivity contribution >= 4 is 23.6 Å². The van der Waals surface area contributed by atoms with Crippen LogP contribution in [0.1, 0.15) is 48.3 Å². The van der Waals surface area contributed by atoms with E-state index in [2.05, 4.69) is 54.9 Å². The van der Waals surface area contributed by atoms with Gasteiger partial charge in [-0.2, -0.15) is 0 Å². The summed E-state index contributed by atoms with van der Waals surface area (Å²) in [5.74, 6) is 0.646. The number of ether oxygens (including phenoxy) is 1. The first-order valence-electron chi connectivity index (χ1n) is 13.0. The van der Waals surface area contributed by atoms with Crippen LogP contribution in [0.2, 0.25) is 0 Å². The SMILES string of the molecule is CC(C)(C)c1ccc2c(c1)N(Cc1nc(C(=O)N3CCN(CC=Cc4ccccc4)CC3)co1)C(=O)CO2. The van der Waals surface area contributed by atoms with E-state index in [9.17, 15) is 9.59 Å². The minimum atomic E-state index is -0.174. The van der Waals surface area contributed by atoms with Gasteiger partial charge in [-0.05, 0) is 28.7 Å². The topological polar surface area (TPSA) is 79.1 Å². The van der Waals surface area contributed by atoms with E-state index in [-0.39, 0.29) is 36.1 Å². The Morgan fingerprint density at radius 3 is 2.55 bits per heavy atom. The van der Waals surface area contributed by atoms with Gasteiger partial charge >= 0.3 is 0 Å². The minimum absolute atomic E-state index is 0.0425. The predicted molar refractivity (Wildman–Crippen MR) is 146 cm³/mol. The van der Waals surface area contributed by atoms with Crippen LogP contribution in [0.15, 0.2) is 65.3 Å². The van der Waals surface area contributed by atoms with Gasteiger partial charge in [-0.25, -0.2) is 4.98 Å². The van der Waals surface area contributed by atoms with Crippen LogP contribution in [0.3, 0.4) is 0 Å². The fourth-order valence-corrected chi connectivity index (χ4v) is 4.66. The molecule has 0 unspecified atom stereocenters. The molecule has 5 rings (SSSR count). The normalized spacial score (nSPS) is 16.6. The molecule has 2 aromatic carbocycles. The summed E-state index contributed by atoms with van der Waals surface area (Å²) in [6, 6.07) is 16.1. The van der Waals surface area contributed by atoms with Gasteiger partial charge in [-0.15, -0.1) is 0 Å². The van der Waals surface area contributed by atoms with E-state index in [1.54, 1.807) is 4.90 Å². The lowest BCUT2D eigenvalue weighted by molar-refractivity contribution is -0.121. The van der Waals surface area contributed by atoms with E-state index in [1.807, 2.05) is 41.3 Å². The Balaban J connectivity index is 1.19. The summed E-state index contributed by atoms with van der Waals surface area (Å²) in [6.07, 6.45) is 5.67. The summed E-state index contributed by atoms with van der Waals surface area (Å²) in [7, 11) is 0. The first-order chi connectivity index (χ1) is 18.3. The highest BCUT2D eigenvalue weighted by Crippen LogP contribution is 2.37. The van der Waals surface area contributed by atoms with Crippen molar-refractivity contribution in [1.29, 1.82) is 0 Å². The van der Waals surface area contributed by atoms with Gasteiger partial charge in [0.05, 0.1) is 5.69 Å². The summed E-state index contributed by atoms with van der Waals surface area (Å²) < 4.78 is 11.3. The van der Waals surface area contributed by atoms with Crippen molar-refractivity contribution in [2.75, 3.05) is 44.2 Å². The second-order valence-corrected chi connectivity index (χ2v) is 10.7. The first kappa shape index (κ1) is 25.7. The summed E-state index contributed by atoms with van der Waals surface area (Å²) in [5.41, 5.74) is 3.16. The molecule has 8 nitrogen and oxygen atoms in total. The van der Waals surface area contributed by atoms with E-state index >= 15 is 0 Å². The molecule has 0 atom stereocenters. The third-order valence-electron chi connectivity index (χ3n) is 6.97. The smallest absolute Gasteiger partial charge is 0.275 e. The molecule has 2 aliphatic heterocycles. The Hall–Kier alpha value is -3.91. The second-order valence-electron chi connectivity index (χ2n) is 10.7. The molecule has 1 fully saturated rings. The number of amides is 2. The second kappa shape index (κ2) is 10.8. The quantitative estimate of drug-likeness (QED) is 0.486. The molecular formula is C30H34N4O4. The van der Waals surface area contributed by atoms with Gasteiger partial charge in [0.2, 0.25) is 5.89 Å². The lowest BCUT2D eigenvalue weighted by atomic mass is 9.86. The Bertz CT molecular complexity index is 1320. The predicted octanol–water partition coefficient (Wildman–Crippen LogP) is 4.37. The van der Waals surface area contributed by atoms with Crippen molar-refractivity contribution in [3.8, 4) is 5.75 Å². The monoisotopic (exact) mass is 514 g/mol. The third kappa shape index (κ3) is 5.81. The molecule has 0 spiro atoms. The van der Waals surface area contributed by atoms with E-state index in [4.69, 9.17) is 9.15 Å². The molecule has 1 saturated heterocycles. The number of aromatic nitrogens is 1. The first-order valence-corrected chi connectivity index (χ1v) is 13.0. The van der Waals surface area contributed by atoms with Crippen molar-refractivity contribution in [2.45, 2.75) is 32.7 Å². The van der Waals surface area contributed by atoms with Crippen molar-refractivity contribution in [1.82, 2.24) is 14.8 Å². The van der Waals surface area contributed by atoms with Gasteiger partial charge in [0.15, 0.2) is 12.3 Å². The van der Waals surface area contributed by atoms with Crippen molar-refractivity contribution in [3.05, 3.63) is 83.6 Å². The lowest BCUT2D eigenvalue weighted by Crippen LogP contribution is -2.48. The van der Waals surface area contributed by atoms with Crippen LogP contribution in [0.5, 0.6) is 5.75 Å². The maximum atomic E-state index is 13.1. The molecule has 2 aliphatic rings. The van der Waals surface area contributed by atoms with Gasteiger partial charge in [0.1, 0.15) is 18.6 Å². The lowest BCUT2D eigenvalue weighted by Gasteiger charge is -2.33. The number of fused-ring (bicyclic) bond motifs is 1. The van der Waals surface area contributed by atoms with Crippen LogP contribution in [0.25, 0.3) is 6.08 Å². The molecule has 2 amide bonds. The molecule has 0 aliphatic carbocycles. The van der Waals surface area contributed by atoms with Gasteiger partial charge in [-0.1, -0.05) is 69.3 Å². The molecule has 8 heteroatoms. The number of nitrogens with zero attached hydrogens (tertiary/aromatic N) is 4. The molecule has 0 bridgehead atoms. The molecule has 0 saturated carbocycles. The number of oxazole rings is 1. The number of rotatable bonds is 6.